The van der Waals surface area contributed by atoms with E-state index in [1.54, 1.807) is 30.1 Å². The predicted octanol–water partition coefficient (Wildman–Crippen LogP) is 5.56. The van der Waals surface area contributed by atoms with Gasteiger partial charge in [0.15, 0.2) is 0 Å². The smallest absolute Gasteiger partial charge is 0.258 e. The highest BCUT2D eigenvalue weighted by molar-refractivity contribution is 6.31. The molecule has 0 saturated carbocycles. The molecule has 1 aliphatic heterocycles. The number of aromatic nitrogens is 1. The van der Waals surface area contributed by atoms with Gasteiger partial charge in [-0.25, -0.2) is 0 Å². The lowest BCUT2D eigenvalue weighted by Crippen LogP contribution is -2.31. The van der Waals surface area contributed by atoms with Crippen LogP contribution in [0.1, 0.15) is 27.2 Å². The van der Waals surface area contributed by atoms with Gasteiger partial charge in [0.1, 0.15) is 0 Å². The summed E-state index contributed by atoms with van der Waals surface area (Å²) in [5, 5.41) is 0.578. The van der Waals surface area contributed by atoms with Crippen LogP contribution >= 0.6 is 11.6 Å². The van der Waals surface area contributed by atoms with Crippen LogP contribution in [-0.2, 0) is 24.3 Å². The molecule has 0 atom stereocenters. The van der Waals surface area contributed by atoms with E-state index in [2.05, 4.69) is 16.7 Å². The highest BCUT2D eigenvalue weighted by Gasteiger charge is 2.25. The minimum absolute atomic E-state index is 0.0707. The number of carbonyl (C=O) groups is 2. The number of hydrogen-bond donors (Lipinski definition) is 0. The first-order chi connectivity index (χ1) is 16.5. The van der Waals surface area contributed by atoms with Crippen molar-refractivity contribution in [2.24, 2.45) is 0 Å². The second-order valence-electron chi connectivity index (χ2n) is 8.42. The fraction of sp³-hybridized carbons (Fsp3) is 0.143. The Morgan fingerprint density at radius 1 is 0.882 bits per heavy atom. The predicted molar refractivity (Wildman–Crippen MR) is 135 cm³/mol. The van der Waals surface area contributed by atoms with Crippen molar-refractivity contribution in [1.29, 1.82) is 0 Å². The van der Waals surface area contributed by atoms with Crippen LogP contribution in [0.2, 0.25) is 5.02 Å². The number of rotatable bonds is 4. The number of hydrogen-bond acceptors (Lipinski definition) is 2. The summed E-state index contributed by atoms with van der Waals surface area (Å²) >= 11 is 6.21. The molecule has 6 heteroatoms. The summed E-state index contributed by atoms with van der Waals surface area (Å²) < 4.78 is 2.18. The van der Waals surface area contributed by atoms with Gasteiger partial charge in [-0.05, 0) is 59.7 Å². The summed E-state index contributed by atoms with van der Waals surface area (Å²) in [7, 11) is 1.73. The Kier molecular flexibility index (Phi) is 5.95. The lowest BCUT2D eigenvalue weighted by Gasteiger charge is -2.23. The van der Waals surface area contributed by atoms with Crippen LogP contribution in [0.15, 0.2) is 91.1 Å². The van der Waals surface area contributed by atoms with Gasteiger partial charge in [0.2, 0.25) is 5.91 Å². The molecule has 1 aliphatic rings. The minimum atomic E-state index is -0.0746. The monoisotopic (exact) mass is 469 g/mol. The third-order valence-corrected chi connectivity index (χ3v) is 6.66. The molecule has 3 aromatic carbocycles. The van der Waals surface area contributed by atoms with E-state index in [9.17, 15) is 9.59 Å². The summed E-state index contributed by atoms with van der Waals surface area (Å²) in [6.07, 6.45) is 2.26. The first-order valence-corrected chi connectivity index (χ1v) is 11.5. The maximum Gasteiger partial charge on any atom is 0.258 e. The largest absolute Gasteiger partial charge is 0.345 e. The van der Waals surface area contributed by atoms with Gasteiger partial charge in [-0.3, -0.25) is 9.59 Å². The second-order valence-corrected chi connectivity index (χ2v) is 8.82. The van der Waals surface area contributed by atoms with E-state index in [1.165, 1.54) is 0 Å². The van der Waals surface area contributed by atoms with E-state index in [1.807, 2.05) is 65.7 Å². The molecule has 0 aliphatic carbocycles. The van der Waals surface area contributed by atoms with E-state index in [4.69, 9.17) is 11.6 Å². The van der Waals surface area contributed by atoms with Crippen LogP contribution in [0.5, 0.6) is 0 Å². The molecular weight excluding hydrogens is 446 g/mol. The Bertz CT molecular complexity index is 1360. The van der Waals surface area contributed by atoms with Gasteiger partial charge in [0, 0.05) is 47.4 Å². The molecule has 4 aromatic rings. The van der Waals surface area contributed by atoms with E-state index in [0.717, 1.165) is 34.7 Å². The molecule has 0 bridgehead atoms. The third-order valence-electron chi connectivity index (χ3n) is 6.29. The summed E-state index contributed by atoms with van der Waals surface area (Å²) in [6.45, 7) is 1.24. The van der Waals surface area contributed by atoms with Crippen LogP contribution in [0, 0.1) is 0 Å². The lowest BCUT2D eigenvalue weighted by atomic mass is 10.1. The molecule has 5 nitrogen and oxygen atoms in total. The molecule has 0 N–H and O–H groups in total. The molecular formula is C28H24ClN3O2. The number of nitrogens with zero attached hydrogens (tertiary/aromatic N) is 3. The SMILES string of the molecule is CN(C(=O)Cc1ccccc1Cl)c1ccc(C(=O)N2Cc3cccn3Cc3ccccc32)cc1. The van der Waals surface area contributed by atoms with E-state index in [-0.39, 0.29) is 18.2 Å². The second kappa shape index (κ2) is 9.20. The van der Waals surface area contributed by atoms with Gasteiger partial charge in [0.05, 0.1) is 13.0 Å². The highest BCUT2D eigenvalue weighted by Crippen LogP contribution is 2.29. The fourth-order valence-electron chi connectivity index (χ4n) is 4.32. The molecule has 0 fully saturated rings. The summed E-state index contributed by atoms with van der Waals surface area (Å²) in [4.78, 5) is 29.8. The molecule has 2 heterocycles. The average molecular weight is 470 g/mol. The molecule has 5 rings (SSSR count). The quantitative estimate of drug-likeness (QED) is 0.393. The summed E-state index contributed by atoms with van der Waals surface area (Å²) in [6, 6.07) is 26.6. The van der Waals surface area contributed by atoms with Crippen molar-refractivity contribution in [3.05, 3.63) is 119 Å². The van der Waals surface area contributed by atoms with Gasteiger partial charge in [0.25, 0.3) is 5.91 Å². The number of fused-ring (bicyclic) bond motifs is 2. The molecule has 0 unspecified atom stereocenters. The van der Waals surface area contributed by atoms with E-state index >= 15 is 0 Å². The van der Waals surface area contributed by atoms with Crippen molar-refractivity contribution in [3.8, 4) is 0 Å². The zero-order valence-electron chi connectivity index (χ0n) is 18.8. The molecule has 1 aromatic heterocycles. The number of para-hydroxylation sites is 1. The van der Waals surface area contributed by atoms with Crippen molar-refractivity contribution in [1.82, 2.24) is 4.57 Å². The molecule has 34 heavy (non-hydrogen) atoms. The first kappa shape index (κ1) is 22.0. The van der Waals surface area contributed by atoms with Gasteiger partial charge in [-0.2, -0.15) is 0 Å². The van der Waals surface area contributed by atoms with Crippen molar-refractivity contribution in [2.45, 2.75) is 19.5 Å². The van der Waals surface area contributed by atoms with Crippen molar-refractivity contribution in [3.63, 3.8) is 0 Å². The topological polar surface area (TPSA) is 45.6 Å². The summed E-state index contributed by atoms with van der Waals surface area (Å²) in [5.74, 6) is -0.145. The van der Waals surface area contributed by atoms with Gasteiger partial charge in [-0.1, -0.05) is 48.0 Å². The van der Waals surface area contributed by atoms with Crippen LogP contribution in [-0.4, -0.2) is 23.4 Å². The number of benzene rings is 3. The van der Waals surface area contributed by atoms with Crippen LogP contribution < -0.4 is 9.80 Å². The van der Waals surface area contributed by atoms with Crippen LogP contribution in [0.3, 0.4) is 0 Å². The maximum absolute atomic E-state index is 13.6. The normalized spacial score (nSPS) is 12.5. The Hall–Kier alpha value is -3.83. The highest BCUT2D eigenvalue weighted by atomic mass is 35.5. The van der Waals surface area contributed by atoms with Gasteiger partial charge < -0.3 is 14.4 Å². The van der Waals surface area contributed by atoms with Gasteiger partial charge in [-0.15, -0.1) is 0 Å². The van der Waals surface area contributed by atoms with Crippen LogP contribution in [0.4, 0.5) is 11.4 Å². The maximum atomic E-state index is 13.6. The Morgan fingerprint density at radius 2 is 1.62 bits per heavy atom. The lowest BCUT2D eigenvalue weighted by molar-refractivity contribution is -0.117. The van der Waals surface area contributed by atoms with E-state index < -0.39 is 0 Å². The number of amides is 2. The number of anilines is 2. The molecule has 170 valence electrons. The first-order valence-electron chi connectivity index (χ1n) is 11.1. The molecule has 2 amide bonds. The van der Waals surface area contributed by atoms with Crippen molar-refractivity contribution in [2.75, 3.05) is 16.8 Å². The van der Waals surface area contributed by atoms with Gasteiger partial charge >= 0.3 is 0 Å². The summed E-state index contributed by atoms with van der Waals surface area (Å²) in [5.41, 5.74) is 5.20. The fourth-order valence-corrected chi connectivity index (χ4v) is 4.52. The number of carbonyl (C=O) groups excluding carboxylic acids is 2. The number of likely N-dealkylation sites (N-methyl/N-ethyl adjacent to an activating group) is 1. The Labute approximate surface area is 203 Å². The number of halogens is 1. The Morgan fingerprint density at radius 3 is 2.41 bits per heavy atom. The Balaban J connectivity index is 1.37. The standard InChI is InChI=1S/C28H24ClN3O2/c1-30(27(33)17-21-7-2-4-10-25(21)29)23-14-12-20(13-15-23)28(34)32-19-24-9-6-16-31(24)18-22-8-3-5-11-26(22)32/h2-16H,17-19H2,1H3. The minimum Gasteiger partial charge on any atom is -0.345 e. The average Bonchev–Trinajstić information content (AvgIpc) is 3.23. The zero-order valence-corrected chi connectivity index (χ0v) is 19.6. The molecule has 0 saturated heterocycles. The van der Waals surface area contributed by atoms with Crippen molar-refractivity contribution >= 4 is 34.8 Å². The molecule has 0 radical (unpaired) electrons. The van der Waals surface area contributed by atoms with Crippen LogP contribution in [0.25, 0.3) is 0 Å². The third kappa shape index (κ3) is 4.22. The zero-order chi connectivity index (χ0) is 23.7. The molecule has 0 spiro atoms. The van der Waals surface area contributed by atoms with E-state index in [0.29, 0.717) is 17.1 Å². The van der Waals surface area contributed by atoms with Crippen molar-refractivity contribution < 1.29 is 9.59 Å².